The average Bonchev–Trinajstić information content (AvgIpc) is 1.99. The molecule has 0 saturated heterocycles. The van der Waals surface area contributed by atoms with Gasteiger partial charge >= 0.3 is 0 Å². The molecule has 15 heavy (non-hydrogen) atoms. The van der Waals surface area contributed by atoms with E-state index in [2.05, 4.69) is 0 Å². The standard InChI is InChI=1S/C8H9Cl2NO3S/c1-14-8-5(4-15(11,12)13)2-6(9)3-7(8)10/h2-3H,4H2,1H3,(H2,11,12,13). The quantitative estimate of drug-likeness (QED) is 0.910. The number of hydrogen-bond acceptors (Lipinski definition) is 3. The van der Waals surface area contributed by atoms with E-state index in [1.807, 2.05) is 0 Å². The molecule has 0 saturated carbocycles. The zero-order chi connectivity index (χ0) is 11.6. The lowest BCUT2D eigenvalue weighted by Crippen LogP contribution is -2.15. The highest BCUT2D eigenvalue weighted by molar-refractivity contribution is 7.88. The summed E-state index contributed by atoms with van der Waals surface area (Å²) in [5.41, 5.74) is 0.345. The fraction of sp³-hybridized carbons (Fsp3) is 0.250. The van der Waals surface area contributed by atoms with E-state index < -0.39 is 10.0 Å². The van der Waals surface area contributed by atoms with Crippen LogP contribution < -0.4 is 9.88 Å². The number of hydrogen-bond donors (Lipinski definition) is 1. The Labute approximate surface area is 98.0 Å². The van der Waals surface area contributed by atoms with Gasteiger partial charge in [0.05, 0.1) is 17.9 Å². The number of sulfonamides is 1. The molecular weight excluding hydrogens is 261 g/mol. The molecule has 0 radical (unpaired) electrons. The van der Waals surface area contributed by atoms with Crippen LogP contribution in [-0.4, -0.2) is 15.5 Å². The number of primary sulfonamides is 1. The predicted molar refractivity (Wildman–Crippen MR) is 59.8 cm³/mol. The van der Waals surface area contributed by atoms with Crippen molar-refractivity contribution in [2.75, 3.05) is 7.11 Å². The summed E-state index contributed by atoms with van der Waals surface area (Å²) in [7, 11) is -2.25. The molecule has 1 aromatic rings. The summed E-state index contributed by atoms with van der Waals surface area (Å²) in [5, 5.41) is 5.51. The second-order valence-electron chi connectivity index (χ2n) is 2.89. The summed E-state index contributed by atoms with van der Waals surface area (Å²) in [6, 6.07) is 2.92. The van der Waals surface area contributed by atoms with Crippen molar-refractivity contribution >= 4 is 33.2 Å². The van der Waals surface area contributed by atoms with E-state index in [-0.39, 0.29) is 16.5 Å². The van der Waals surface area contributed by atoms with Gasteiger partial charge in [0.15, 0.2) is 0 Å². The maximum absolute atomic E-state index is 10.9. The number of methoxy groups -OCH3 is 1. The third-order valence-corrected chi connectivity index (χ3v) is 2.86. The normalized spacial score (nSPS) is 11.5. The van der Waals surface area contributed by atoms with Gasteiger partial charge in [-0.2, -0.15) is 0 Å². The number of nitrogens with two attached hydrogens (primary N) is 1. The average molecular weight is 270 g/mol. The van der Waals surface area contributed by atoms with E-state index in [0.29, 0.717) is 10.6 Å². The third-order valence-electron chi connectivity index (χ3n) is 1.65. The van der Waals surface area contributed by atoms with Gasteiger partial charge in [-0.1, -0.05) is 23.2 Å². The molecule has 0 atom stereocenters. The molecule has 1 aromatic carbocycles. The van der Waals surface area contributed by atoms with Gasteiger partial charge in [-0.3, -0.25) is 0 Å². The van der Waals surface area contributed by atoms with Crippen LogP contribution >= 0.6 is 23.2 Å². The van der Waals surface area contributed by atoms with Crippen molar-refractivity contribution < 1.29 is 13.2 Å². The highest BCUT2D eigenvalue weighted by atomic mass is 35.5. The molecule has 0 aromatic heterocycles. The van der Waals surface area contributed by atoms with Gasteiger partial charge in [0, 0.05) is 10.6 Å². The molecule has 84 valence electrons. The number of benzene rings is 1. The van der Waals surface area contributed by atoms with E-state index in [0.717, 1.165) is 0 Å². The predicted octanol–water partition coefficient (Wildman–Crippen LogP) is 1.79. The lowest BCUT2D eigenvalue weighted by molar-refractivity contribution is 0.411. The summed E-state index contributed by atoms with van der Waals surface area (Å²) in [6.07, 6.45) is 0. The van der Waals surface area contributed by atoms with Crippen LogP contribution in [0.1, 0.15) is 5.56 Å². The van der Waals surface area contributed by atoms with Crippen LogP contribution in [0.4, 0.5) is 0 Å². The SMILES string of the molecule is COc1c(Cl)cc(Cl)cc1CS(N)(=O)=O. The smallest absolute Gasteiger partial charge is 0.213 e. The molecule has 0 bridgehead atoms. The molecule has 0 aliphatic heterocycles. The first kappa shape index (κ1) is 12.6. The number of rotatable bonds is 3. The Bertz CT molecular complexity index is 473. The zero-order valence-electron chi connectivity index (χ0n) is 7.83. The third kappa shape index (κ3) is 3.53. The van der Waals surface area contributed by atoms with Crippen LogP contribution in [0.2, 0.25) is 10.0 Å². The molecule has 0 heterocycles. The zero-order valence-corrected chi connectivity index (χ0v) is 10.2. The van der Waals surface area contributed by atoms with Crippen LogP contribution in [0.25, 0.3) is 0 Å². The lowest BCUT2D eigenvalue weighted by atomic mass is 10.2. The minimum absolute atomic E-state index is 0.253. The minimum Gasteiger partial charge on any atom is -0.495 e. The summed E-state index contributed by atoms with van der Waals surface area (Å²) in [4.78, 5) is 0. The summed E-state index contributed by atoms with van der Waals surface area (Å²) in [6.45, 7) is 0. The lowest BCUT2D eigenvalue weighted by Gasteiger charge is -2.09. The first-order chi connectivity index (χ1) is 6.83. The highest BCUT2D eigenvalue weighted by Crippen LogP contribution is 2.32. The molecule has 1 rings (SSSR count). The monoisotopic (exact) mass is 269 g/mol. The topological polar surface area (TPSA) is 69.4 Å². The minimum atomic E-state index is -3.64. The fourth-order valence-corrected chi connectivity index (χ4v) is 2.43. The van der Waals surface area contributed by atoms with Crippen molar-refractivity contribution in [2.24, 2.45) is 5.14 Å². The first-order valence-electron chi connectivity index (χ1n) is 3.86. The second kappa shape index (κ2) is 4.57. The van der Waals surface area contributed by atoms with Crippen molar-refractivity contribution in [2.45, 2.75) is 5.75 Å². The van der Waals surface area contributed by atoms with Crippen molar-refractivity contribution in [3.63, 3.8) is 0 Å². The van der Waals surface area contributed by atoms with Gasteiger partial charge < -0.3 is 4.74 Å². The van der Waals surface area contributed by atoms with Crippen LogP contribution in [0.15, 0.2) is 12.1 Å². The van der Waals surface area contributed by atoms with E-state index in [1.54, 1.807) is 0 Å². The Morgan fingerprint density at radius 2 is 2.00 bits per heavy atom. The maximum atomic E-state index is 10.9. The molecule has 0 amide bonds. The van der Waals surface area contributed by atoms with Gasteiger partial charge in [0.25, 0.3) is 0 Å². The molecule has 0 aliphatic carbocycles. The highest BCUT2D eigenvalue weighted by Gasteiger charge is 2.14. The van der Waals surface area contributed by atoms with Crippen molar-refractivity contribution in [3.05, 3.63) is 27.7 Å². The Morgan fingerprint density at radius 3 is 2.47 bits per heavy atom. The van der Waals surface area contributed by atoms with Gasteiger partial charge in [-0.05, 0) is 12.1 Å². The Hall–Kier alpha value is -0.490. The fourth-order valence-electron chi connectivity index (χ4n) is 1.17. The molecule has 0 fully saturated rings. The van der Waals surface area contributed by atoms with E-state index >= 15 is 0 Å². The Morgan fingerprint density at radius 1 is 1.40 bits per heavy atom. The van der Waals surface area contributed by atoms with E-state index in [4.69, 9.17) is 33.1 Å². The van der Waals surface area contributed by atoms with Crippen LogP contribution in [0, 0.1) is 0 Å². The molecule has 0 aliphatic rings. The van der Waals surface area contributed by atoms with E-state index in [1.165, 1.54) is 19.2 Å². The number of halogens is 2. The molecule has 0 unspecified atom stereocenters. The van der Waals surface area contributed by atoms with Crippen molar-refractivity contribution in [1.82, 2.24) is 0 Å². The largest absolute Gasteiger partial charge is 0.495 e. The van der Waals surface area contributed by atoms with Gasteiger partial charge in [0.2, 0.25) is 10.0 Å². The van der Waals surface area contributed by atoms with Gasteiger partial charge in [-0.25, -0.2) is 13.6 Å². The summed E-state index contributed by atoms with van der Waals surface area (Å²) in [5.74, 6) is -0.0914. The van der Waals surface area contributed by atoms with E-state index in [9.17, 15) is 8.42 Å². The maximum Gasteiger partial charge on any atom is 0.213 e. The number of ether oxygens (including phenoxy) is 1. The first-order valence-corrected chi connectivity index (χ1v) is 6.33. The molecule has 0 spiro atoms. The van der Waals surface area contributed by atoms with Crippen LogP contribution in [0.5, 0.6) is 5.75 Å². The van der Waals surface area contributed by atoms with Gasteiger partial charge in [-0.15, -0.1) is 0 Å². The summed E-state index contributed by atoms with van der Waals surface area (Å²) >= 11 is 11.6. The van der Waals surface area contributed by atoms with Crippen LogP contribution in [-0.2, 0) is 15.8 Å². The van der Waals surface area contributed by atoms with Gasteiger partial charge in [0.1, 0.15) is 5.75 Å². The molecule has 4 nitrogen and oxygen atoms in total. The van der Waals surface area contributed by atoms with Crippen LogP contribution in [0.3, 0.4) is 0 Å². The van der Waals surface area contributed by atoms with Crippen molar-refractivity contribution in [3.8, 4) is 5.75 Å². The Balaban J connectivity index is 3.27. The second-order valence-corrected chi connectivity index (χ2v) is 5.35. The molecule has 7 heteroatoms. The molecular formula is C8H9Cl2NO3S. The summed E-state index contributed by atoms with van der Waals surface area (Å²) < 4.78 is 26.8. The van der Waals surface area contributed by atoms with Crippen molar-refractivity contribution in [1.29, 1.82) is 0 Å². The Kier molecular flexibility index (Phi) is 3.83. The molecule has 2 N–H and O–H groups in total.